The summed E-state index contributed by atoms with van der Waals surface area (Å²) < 4.78 is 0. The van der Waals surface area contributed by atoms with Gasteiger partial charge in [0.2, 0.25) is 0 Å². The maximum absolute atomic E-state index is 5.33. The molecular weight excluding hydrogens is 246 g/mol. The van der Waals surface area contributed by atoms with E-state index in [2.05, 4.69) is 23.1 Å². The first-order valence-electron chi connectivity index (χ1n) is 7.23. The summed E-state index contributed by atoms with van der Waals surface area (Å²) in [6.45, 7) is 3.15. The summed E-state index contributed by atoms with van der Waals surface area (Å²) in [4.78, 5) is 9.23. The molecule has 2 aromatic rings. The molecule has 0 aliphatic heterocycles. The molecular formula is C17H21N3. The molecule has 20 heavy (non-hydrogen) atoms. The number of rotatable bonds is 7. The normalized spacial score (nSPS) is 12.2. The van der Waals surface area contributed by atoms with Crippen LogP contribution in [0.15, 0.2) is 30.5 Å². The van der Waals surface area contributed by atoms with Gasteiger partial charge in [-0.25, -0.2) is 4.98 Å². The number of benzene rings is 1. The van der Waals surface area contributed by atoms with E-state index < -0.39 is 0 Å². The second-order valence-electron chi connectivity index (χ2n) is 4.89. The van der Waals surface area contributed by atoms with Gasteiger partial charge in [-0.3, -0.25) is 4.98 Å². The predicted molar refractivity (Wildman–Crippen MR) is 83.3 cm³/mol. The van der Waals surface area contributed by atoms with E-state index in [9.17, 15) is 0 Å². The van der Waals surface area contributed by atoms with Crippen LogP contribution in [0.4, 0.5) is 0 Å². The summed E-state index contributed by atoms with van der Waals surface area (Å²) in [6.07, 6.45) is 11.1. The molecule has 1 aromatic heterocycles. The molecule has 0 amide bonds. The van der Waals surface area contributed by atoms with E-state index in [4.69, 9.17) is 11.4 Å². The Balaban J connectivity index is 2.18. The highest BCUT2D eigenvalue weighted by Gasteiger charge is 2.12. The van der Waals surface area contributed by atoms with Gasteiger partial charge >= 0.3 is 0 Å². The molecule has 1 atom stereocenters. The highest BCUT2D eigenvalue weighted by molar-refractivity contribution is 5.73. The van der Waals surface area contributed by atoms with Crippen molar-refractivity contribution in [2.75, 3.05) is 6.54 Å². The Labute approximate surface area is 120 Å². The number of hydrogen-bond acceptors (Lipinski definition) is 3. The Morgan fingerprint density at radius 3 is 2.85 bits per heavy atom. The molecule has 1 N–H and O–H groups in total. The maximum Gasteiger partial charge on any atom is 0.0890 e. The van der Waals surface area contributed by atoms with E-state index in [-0.39, 0.29) is 6.04 Å². The molecule has 1 heterocycles. The molecule has 0 saturated heterocycles. The third kappa shape index (κ3) is 3.79. The van der Waals surface area contributed by atoms with Crippen LogP contribution in [0.1, 0.15) is 44.3 Å². The summed E-state index contributed by atoms with van der Waals surface area (Å²) in [7, 11) is 0. The lowest BCUT2D eigenvalue weighted by Gasteiger charge is -2.17. The molecule has 1 unspecified atom stereocenters. The van der Waals surface area contributed by atoms with E-state index in [0.717, 1.165) is 49.0 Å². The zero-order valence-corrected chi connectivity index (χ0v) is 12.0. The number of hydrogen-bond donors (Lipinski definition) is 1. The SMILES string of the molecule is C#CCCCC(NCCC)c1cnc2ccccc2n1. The lowest BCUT2D eigenvalue weighted by Crippen LogP contribution is -2.23. The van der Waals surface area contributed by atoms with Crippen molar-refractivity contribution in [2.45, 2.75) is 38.6 Å². The Morgan fingerprint density at radius 1 is 1.30 bits per heavy atom. The van der Waals surface area contributed by atoms with Crippen LogP contribution in [0.25, 0.3) is 11.0 Å². The molecule has 0 aliphatic rings. The Bertz CT molecular complexity index is 586. The molecule has 2 rings (SSSR count). The fourth-order valence-electron chi connectivity index (χ4n) is 2.22. The van der Waals surface area contributed by atoms with E-state index >= 15 is 0 Å². The van der Waals surface area contributed by atoms with Gasteiger partial charge < -0.3 is 5.32 Å². The van der Waals surface area contributed by atoms with Crippen molar-refractivity contribution < 1.29 is 0 Å². The molecule has 3 heteroatoms. The number of fused-ring (bicyclic) bond motifs is 1. The number of aromatic nitrogens is 2. The number of nitrogens with zero attached hydrogens (tertiary/aromatic N) is 2. The smallest absolute Gasteiger partial charge is 0.0890 e. The topological polar surface area (TPSA) is 37.8 Å². The van der Waals surface area contributed by atoms with E-state index in [1.807, 2.05) is 30.5 Å². The Morgan fingerprint density at radius 2 is 2.10 bits per heavy atom. The molecule has 0 fully saturated rings. The molecule has 104 valence electrons. The quantitative estimate of drug-likeness (QED) is 0.616. The molecule has 3 nitrogen and oxygen atoms in total. The van der Waals surface area contributed by atoms with Crippen LogP contribution < -0.4 is 5.32 Å². The summed E-state index contributed by atoms with van der Waals surface area (Å²) >= 11 is 0. The highest BCUT2D eigenvalue weighted by atomic mass is 14.9. The van der Waals surface area contributed by atoms with Crippen molar-refractivity contribution in [2.24, 2.45) is 0 Å². The van der Waals surface area contributed by atoms with E-state index in [1.165, 1.54) is 0 Å². The minimum Gasteiger partial charge on any atom is -0.309 e. The number of unbranched alkanes of at least 4 members (excludes halogenated alkanes) is 1. The fourth-order valence-corrected chi connectivity index (χ4v) is 2.22. The Kier molecular flexibility index (Phi) is 5.52. The molecule has 0 bridgehead atoms. The average Bonchev–Trinajstić information content (AvgIpc) is 2.50. The van der Waals surface area contributed by atoms with Gasteiger partial charge in [-0.05, 0) is 37.9 Å². The average molecular weight is 267 g/mol. The summed E-state index contributed by atoms with van der Waals surface area (Å²) in [5.41, 5.74) is 2.90. The van der Waals surface area contributed by atoms with Crippen LogP contribution in [0.2, 0.25) is 0 Å². The number of para-hydroxylation sites is 2. The van der Waals surface area contributed by atoms with Crippen LogP contribution in [0, 0.1) is 12.3 Å². The predicted octanol–water partition coefficient (Wildman–Crippen LogP) is 3.47. The van der Waals surface area contributed by atoms with Crippen molar-refractivity contribution in [3.63, 3.8) is 0 Å². The van der Waals surface area contributed by atoms with Gasteiger partial charge in [0.15, 0.2) is 0 Å². The minimum absolute atomic E-state index is 0.236. The van der Waals surface area contributed by atoms with Crippen molar-refractivity contribution in [1.82, 2.24) is 15.3 Å². The first kappa shape index (κ1) is 14.5. The van der Waals surface area contributed by atoms with Crippen LogP contribution in [0.5, 0.6) is 0 Å². The van der Waals surface area contributed by atoms with Crippen LogP contribution >= 0.6 is 0 Å². The van der Waals surface area contributed by atoms with Gasteiger partial charge in [-0.15, -0.1) is 12.3 Å². The second-order valence-corrected chi connectivity index (χ2v) is 4.89. The number of nitrogens with one attached hydrogen (secondary N) is 1. The van der Waals surface area contributed by atoms with Gasteiger partial charge in [0, 0.05) is 6.42 Å². The Hall–Kier alpha value is -1.92. The molecule has 0 radical (unpaired) electrons. The van der Waals surface area contributed by atoms with Crippen LogP contribution in [0.3, 0.4) is 0 Å². The zero-order valence-electron chi connectivity index (χ0n) is 12.0. The molecule has 0 spiro atoms. The fraction of sp³-hybridized carbons (Fsp3) is 0.412. The maximum atomic E-state index is 5.33. The van der Waals surface area contributed by atoms with E-state index in [0.29, 0.717) is 0 Å². The molecule has 1 aromatic carbocycles. The lowest BCUT2D eigenvalue weighted by atomic mass is 10.1. The largest absolute Gasteiger partial charge is 0.309 e. The van der Waals surface area contributed by atoms with Gasteiger partial charge in [-0.2, -0.15) is 0 Å². The first-order valence-corrected chi connectivity index (χ1v) is 7.23. The third-order valence-corrected chi connectivity index (χ3v) is 3.28. The van der Waals surface area contributed by atoms with Gasteiger partial charge in [-0.1, -0.05) is 19.1 Å². The van der Waals surface area contributed by atoms with Crippen molar-refractivity contribution >= 4 is 11.0 Å². The second kappa shape index (κ2) is 7.62. The lowest BCUT2D eigenvalue weighted by molar-refractivity contribution is 0.477. The third-order valence-electron chi connectivity index (χ3n) is 3.28. The number of terminal acetylenes is 1. The van der Waals surface area contributed by atoms with Crippen LogP contribution in [-0.4, -0.2) is 16.5 Å². The van der Waals surface area contributed by atoms with E-state index in [1.54, 1.807) is 0 Å². The van der Waals surface area contributed by atoms with Gasteiger partial charge in [0.1, 0.15) is 0 Å². The summed E-state index contributed by atoms with van der Waals surface area (Å²) in [5, 5.41) is 3.54. The minimum atomic E-state index is 0.236. The standard InChI is InChI=1S/C17H21N3/c1-3-5-6-9-15(18-12-4-2)17-13-19-14-10-7-8-11-16(14)20-17/h1,7-8,10-11,13,15,18H,4-6,9,12H2,2H3. The zero-order chi connectivity index (χ0) is 14.2. The summed E-state index contributed by atoms with van der Waals surface area (Å²) in [6, 6.07) is 8.20. The highest BCUT2D eigenvalue weighted by Crippen LogP contribution is 2.19. The first-order chi connectivity index (χ1) is 9.85. The summed E-state index contributed by atoms with van der Waals surface area (Å²) in [5.74, 6) is 2.70. The van der Waals surface area contributed by atoms with Crippen molar-refractivity contribution in [3.8, 4) is 12.3 Å². The van der Waals surface area contributed by atoms with Gasteiger partial charge in [0.25, 0.3) is 0 Å². The van der Waals surface area contributed by atoms with Crippen molar-refractivity contribution in [1.29, 1.82) is 0 Å². The van der Waals surface area contributed by atoms with Crippen LogP contribution in [-0.2, 0) is 0 Å². The van der Waals surface area contributed by atoms with Gasteiger partial charge in [0.05, 0.1) is 29.0 Å². The van der Waals surface area contributed by atoms with Crippen molar-refractivity contribution in [3.05, 3.63) is 36.2 Å². The monoisotopic (exact) mass is 267 g/mol. The molecule has 0 saturated carbocycles. The molecule has 0 aliphatic carbocycles.